The van der Waals surface area contributed by atoms with E-state index in [4.69, 9.17) is 0 Å². The summed E-state index contributed by atoms with van der Waals surface area (Å²) in [4.78, 5) is 4.59. The van der Waals surface area contributed by atoms with Gasteiger partial charge in [0, 0.05) is 6.20 Å². The van der Waals surface area contributed by atoms with Crippen molar-refractivity contribution in [3.05, 3.63) is 51.7 Å². The molecule has 15 heavy (non-hydrogen) atoms. The van der Waals surface area contributed by atoms with Crippen LogP contribution in [-0.2, 0) is 0 Å². The molecule has 0 spiro atoms. The Balaban J connectivity index is 2.34. The van der Waals surface area contributed by atoms with Gasteiger partial charge in [0.1, 0.15) is 11.9 Å². The highest BCUT2D eigenvalue weighted by Gasteiger charge is 2.13. The molecule has 0 aliphatic rings. The zero-order valence-electron chi connectivity index (χ0n) is 8.14. The molecule has 0 bridgehead atoms. The molecule has 1 atom stereocenters. The third-order valence-corrected chi connectivity index (χ3v) is 3.06. The van der Waals surface area contributed by atoms with Crippen LogP contribution in [0, 0.1) is 12.7 Å². The molecule has 1 heterocycles. The molecule has 78 valence electrons. The van der Waals surface area contributed by atoms with Gasteiger partial charge in [0.25, 0.3) is 0 Å². The molecule has 2 nitrogen and oxygen atoms in total. The number of aliphatic hydroxyl groups excluding tert-OH is 1. The first-order valence-electron chi connectivity index (χ1n) is 4.51. The van der Waals surface area contributed by atoms with Gasteiger partial charge in [-0.05, 0) is 24.1 Å². The minimum absolute atomic E-state index is 0.295. The van der Waals surface area contributed by atoms with Gasteiger partial charge >= 0.3 is 0 Å². The molecule has 0 amide bonds. The van der Waals surface area contributed by atoms with E-state index in [9.17, 15) is 9.50 Å². The van der Waals surface area contributed by atoms with Crippen LogP contribution in [0.15, 0.2) is 29.9 Å². The van der Waals surface area contributed by atoms with Crippen molar-refractivity contribution in [1.29, 1.82) is 0 Å². The number of thiazole rings is 1. The molecule has 0 aliphatic heterocycles. The van der Waals surface area contributed by atoms with Gasteiger partial charge in [-0.1, -0.05) is 12.1 Å². The topological polar surface area (TPSA) is 33.1 Å². The molecule has 1 aromatic carbocycles. The van der Waals surface area contributed by atoms with E-state index >= 15 is 0 Å². The van der Waals surface area contributed by atoms with Crippen molar-refractivity contribution in [2.24, 2.45) is 0 Å². The van der Waals surface area contributed by atoms with Crippen molar-refractivity contribution in [3.8, 4) is 0 Å². The Morgan fingerprint density at radius 2 is 2.27 bits per heavy atom. The van der Waals surface area contributed by atoms with Gasteiger partial charge in [-0.3, -0.25) is 4.98 Å². The predicted molar refractivity (Wildman–Crippen MR) is 57.3 cm³/mol. The second kappa shape index (κ2) is 4.08. The second-order valence-corrected chi connectivity index (χ2v) is 4.23. The zero-order valence-corrected chi connectivity index (χ0v) is 8.96. The van der Waals surface area contributed by atoms with Crippen molar-refractivity contribution in [1.82, 2.24) is 4.98 Å². The molecular weight excluding hydrogens is 213 g/mol. The summed E-state index contributed by atoms with van der Waals surface area (Å²) < 4.78 is 13.3. The molecule has 0 saturated carbocycles. The van der Waals surface area contributed by atoms with Crippen LogP contribution < -0.4 is 0 Å². The number of nitrogens with zero attached hydrogens (tertiary/aromatic N) is 1. The minimum Gasteiger partial charge on any atom is -0.383 e. The van der Waals surface area contributed by atoms with Gasteiger partial charge in [-0.15, -0.1) is 11.3 Å². The number of rotatable bonds is 2. The average Bonchev–Trinajstić information content (AvgIpc) is 2.74. The second-order valence-electron chi connectivity index (χ2n) is 3.31. The maximum absolute atomic E-state index is 13.3. The lowest BCUT2D eigenvalue weighted by atomic mass is 10.1. The Bertz CT molecular complexity index is 456. The van der Waals surface area contributed by atoms with Gasteiger partial charge in [0.05, 0.1) is 10.4 Å². The minimum atomic E-state index is -0.785. The van der Waals surface area contributed by atoms with Gasteiger partial charge in [0.2, 0.25) is 0 Å². The van der Waals surface area contributed by atoms with Crippen LogP contribution in [0.3, 0.4) is 0 Å². The van der Waals surface area contributed by atoms with Crippen LogP contribution in [0.4, 0.5) is 4.39 Å². The lowest BCUT2D eigenvalue weighted by molar-refractivity contribution is 0.223. The number of hydrogen-bond donors (Lipinski definition) is 1. The summed E-state index contributed by atoms with van der Waals surface area (Å²) in [6.07, 6.45) is 0.806. The van der Waals surface area contributed by atoms with E-state index < -0.39 is 6.10 Å². The van der Waals surface area contributed by atoms with E-state index in [-0.39, 0.29) is 5.82 Å². The molecule has 1 unspecified atom stereocenters. The molecule has 2 rings (SSSR count). The number of aryl methyl sites for hydroxylation is 1. The van der Waals surface area contributed by atoms with Crippen LogP contribution in [0.25, 0.3) is 0 Å². The van der Waals surface area contributed by atoms with Gasteiger partial charge in [-0.25, -0.2) is 4.39 Å². The summed E-state index contributed by atoms with van der Waals surface area (Å²) in [6.45, 7) is 1.69. The summed E-state index contributed by atoms with van der Waals surface area (Å²) in [5, 5.41) is 9.90. The van der Waals surface area contributed by atoms with E-state index in [1.807, 2.05) is 0 Å². The average molecular weight is 223 g/mol. The number of benzene rings is 1. The SMILES string of the molecule is Cc1ccc(C(O)c2cncs2)cc1F. The molecule has 0 saturated heterocycles. The molecule has 0 aliphatic carbocycles. The maximum atomic E-state index is 13.3. The molecular formula is C11H10FNOS. The normalized spacial score (nSPS) is 12.7. The standard InChI is InChI=1S/C11H10FNOS/c1-7-2-3-8(4-9(7)12)11(14)10-5-13-6-15-10/h2-6,11,14H,1H3. The summed E-state index contributed by atoms with van der Waals surface area (Å²) in [6, 6.07) is 4.75. The number of aromatic nitrogens is 1. The fourth-order valence-electron chi connectivity index (χ4n) is 1.30. The first-order valence-corrected chi connectivity index (χ1v) is 5.39. The first-order chi connectivity index (χ1) is 7.18. The van der Waals surface area contributed by atoms with Crippen molar-refractivity contribution >= 4 is 11.3 Å². The lowest BCUT2D eigenvalue weighted by Gasteiger charge is -2.09. The number of halogens is 1. The maximum Gasteiger partial charge on any atom is 0.126 e. The molecule has 4 heteroatoms. The number of hydrogen-bond acceptors (Lipinski definition) is 3. The molecule has 1 aromatic heterocycles. The fraction of sp³-hybridized carbons (Fsp3) is 0.182. The largest absolute Gasteiger partial charge is 0.383 e. The highest BCUT2D eigenvalue weighted by Crippen LogP contribution is 2.25. The number of aliphatic hydroxyl groups is 1. The highest BCUT2D eigenvalue weighted by atomic mass is 32.1. The Labute approximate surface area is 91.0 Å². The van der Waals surface area contributed by atoms with E-state index in [2.05, 4.69) is 4.98 Å². The Hall–Kier alpha value is -1.26. The van der Waals surface area contributed by atoms with Crippen LogP contribution in [0.2, 0.25) is 0 Å². The van der Waals surface area contributed by atoms with E-state index in [0.29, 0.717) is 11.1 Å². The van der Waals surface area contributed by atoms with Crippen molar-refractivity contribution in [2.75, 3.05) is 0 Å². The third-order valence-electron chi connectivity index (χ3n) is 2.23. The monoisotopic (exact) mass is 223 g/mol. The summed E-state index contributed by atoms with van der Waals surface area (Å²) in [5.74, 6) is -0.295. The van der Waals surface area contributed by atoms with Crippen LogP contribution in [0.1, 0.15) is 22.1 Å². The van der Waals surface area contributed by atoms with Crippen LogP contribution >= 0.6 is 11.3 Å². The smallest absolute Gasteiger partial charge is 0.126 e. The van der Waals surface area contributed by atoms with Crippen LogP contribution in [-0.4, -0.2) is 10.1 Å². The van der Waals surface area contributed by atoms with E-state index in [0.717, 1.165) is 4.88 Å². The summed E-state index contributed by atoms with van der Waals surface area (Å²) >= 11 is 1.35. The third kappa shape index (κ3) is 2.06. The Kier molecular flexibility index (Phi) is 2.79. The van der Waals surface area contributed by atoms with Gasteiger partial charge in [-0.2, -0.15) is 0 Å². The van der Waals surface area contributed by atoms with E-state index in [1.165, 1.54) is 17.4 Å². The Morgan fingerprint density at radius 3 is 2.87 bits per heavy atom. The lowest BCUT2D eigenvalue weighted by Crippen LogP contribution is -1.98. The van der Waals surface area contributed by atoms with Gasteiger partial charge in [0.15, 0.2) is 0 Å². The quantitative estimate of drug-likeness (QED) is 0.849. The van der Waals surface area contributed by atoms with Crippen LogP contribution in [0.5, 0.6) is 0 Å². The highest BCUT2D eigenvalue weighted by molar-refractivity contribution is 7.09. The van der Waals surface area contributed by atoms with E-state index in [1.54, 1.807) is 30.8 Å². The molecule has 0 fully saturated rings. The summed E-state index contributed by atoms with van der Waals surface area (Å²) in [7, 11) is 0. The summed E-state index contributed by atoms with van der Waals surface area (Å²) in [5.41, 5.74) is 2.78. The van der Waals surface area contributed by atoms with Crippen molar-refractivity contribution in [2.45, 2.75) is 13.0 Å². The zero-order chi connectivity index (χ0) is 10.8. The Morgan fingerprint density at radius 1 is 1.47 bits per heavy atom. The molecule has 2 aromatic rings. The predicted octanol–water partition coefficient (Wildman–Crippen LogP) is 2.67. The molecule has 0 radical (unpaired) electrons. The molecule has 1 N–H and O–H groups in total. The van der Waals surface area contributed by atoms with Gasteiger partial charge < -0.3 is 5.11 Å². The first kappa shape index (κ1) is 10.3. The van der Waals surface area contributed by atoms with Crippen molar-refractivity contribution in [3.63, 3.8) is 0 Å². The van der Waals surface area contributed by atoms with Crippen molar-refractivity contribution < 1.29 is 9.50 Å². The fourth-order valence-corrected chi connectivity index (χ4v) is 1.93.